The van der Waals surface area contributed by atoms with E-state index in [-0.39, 0.29) is 0 Å². The number of nitrogens with one attached hydrogen (secondary N) is 1. The minimum absolute atomic E-state index is 0.474. The Morgan fingerprint density at radius 3 is 3.07 bits per heavy atom. The predicted octanol–water partition coefficient (Wildman–Crippen LogP) is 2.49. The summed E-state index contributed by atoms with van der Waals surface area (Å²) in [7, 11) is 0. The van der Waals surface area contributed by atoms with Crippen molar-refractivity contribution in [1.82, 2.24) is 10.3 Å². The average molecular weight is 336 g/mol. The minimum atomic E-state index is 0.474. The molecule has 2 heterocycles. The number of rotatable bonds is 3. The second kappa shape index (κ2) is 5.39. The standard InChI is InChI=1S/C10H12Br2N2O/c11-7-3-9(12)10(14-4-7)5-13-8-1-2-15-6-8/h3-4,8,13H,1-2,5-6H2. The molecule has 5 heteroatoms. The van der Waals surface area contributed by atoms with E-state index in [1.165, 1.54) is 0 Å². The van der Waals surface area contributed by atoms with Crippen LogP contribution >= 0.6 is 31.9 Å². The molecule has 1 unspecified atom stereocenters. The zero-order valence-corrected chi connectivity index (χ0v) is 11.3. The lowest BCUT2D eigenvalue weighted by Crippen LogP contribution is -2.29. The Kier molecular flexibility index (Phi) is 4.13. The second-order valence-corrected chi connectivity index (χ2v) is 5.29. The molecular formula is C10H12Br2N2O. The van der Waals surface area contributed by atoms with Crippen molar-refractivity contribution in [3.63, 3.8) is 0 Å². The minimum Gasteiger partial charge on any atom is -0.380 e. The molecule has 0 radical (unpaired) electrons. The van der Waals surface area contributed by atoms with E-state index < -0.39 is 0 Å². The van der Waals surface area contributed by atoms with Crippen molar-refractivity contribution in [1.29, 1.82) is 0 Å². The molecule has 3 nitrogen and oxygen atoms in total. The first-order valence-electron chi connectivity index (χ1n) is 4.87. The van der Waals surface area contributed by atoms with Gasteiger partial charge in [0.15, 0.2) is 0 Å². The van der Waals surface area contributed by atoms with Crippen molar-refractivity contribution in [3.8, 4) is 0 Å². The van der Waals surface area contributed by atoms with Gasteiger partial charge >= 0.3 is 0 Å². The van der Waals surface area contributed by atoms with Crippen LogP contribution in [0.25, 0.3) is 0 Å². The highest BCUT2D eigenvalue weighted by molar-refractivity contribution is 9.11. The highest BCUT2D eigenvalue weighted by atomic mass is 79.9. The molecule has 0 aromatic carbocycles. The molecule has 1 atom stereocenters. The number of hydrogen-bond acceptors (Lipinski definition) is 3. The molecule has 15 heavy (non-hydrogen) atoms. The summed E-state index contributed by atoms with van der Waals surface area (Å²) < 4.78 is 7.31. The summed E-state index contributed by atoms with van der Waals surface area (Å²) in [5.41, 5.74) is 1.03. The molecule has 0 bridgehead atoms. The van der Waals surface area contributed by atoms with Gasteiger partial charge in [-0.1, -0.05) is 0 Å². The van der Waals surface area contributed by atoms with Crippen LogP contribution in [0.5, 0.6) is 0 Å². The van der Waals surface area contributed by atoms with Crippen LogP contribution in [0.15, 0.2) is 21.2 Å². The van der Waals surface area contributed by atoms with E-state index in [1.54, 1.807) is 0 Å². The summed E-state index contributed by atoms with van der Waals surface area (Å²) >= 11 is 6.87. The Labute approximate surface area is 106 Å². The first-order chi connectivity index (χ1) is 7.25. The van der Waals surface area contributed by atoms with Gasteiger partial charge in [-0.2, -0.15) is 0 Å². The lowest BCUT2D eigenvalue weighted by atomic mass is 10.2. The highest BCUT2D eigenvalue weighted by Crippen LogP contribution is 2.19. The Hall–Kier alpha value is 0.0300. The number of nitrogens with zero attached hydrogens (tertiary/aromatic N) is 1. The normalized spacial score (nSPS) is 20.8. The molecule has 1 aromatic heterocycles. The monoisotopic (exact) mass is 334 g/mol. The summed E-state index contributed by atoms with van der Waals surface area (Å²) in [4.78, 5) is 4.34. The van der Waals surface area contributed by atoms with Gasteiger partial charge in [0.2, 0.25) is 0 Å². The number of ether oxygens (including phenoxy) is 1. The number of pyridine rings is 1. The highest BCUT2D eigenvalue weighted by Gasteiger charge is 2.15. The molecule has 1 N–H and O–H groups in total. The molecule has 1 aliphatic heterocycles. The maximum Gasteiger partial charge on any atom is 0.0684 e. The molecule has 0 aliphatic carbocycles. The van der Waals surface area contributed by atoms with Crippen LogP contribution in [0.3, 0.4) is 0 Å². The zero-order valence-electron chi connectivity index (χ0n) is 8.17. The summed E-state index contributed by atoms with van der Waals surface area (Å²) in [6.45, 7) is 2.46. The van der Waals surface area contributed by atoms with E-state index in [2.05, 4.69) is 42.2 Å². The Morgan fingerprint density at radius 2 is 2.40 bits per heavy atom. The SMILES string of the molecule is Brc1cnc(CNC2CCOC2)c(Br)c1. The third-order valence-corrected chi connectivity index (χ3v) is 3.49. The molecule has 82 valence electrons. The van der Waals surface area contributed by atoms with E-state index in [1.807, 2.05) is 12.3 Å². The van der Waals surface area contributed by atoms with Crippen molar-refractivity contribution >= 4 is 31.9 Å². The first-order valence-corrected chi connectivity index (χ1v) is 6.45. The molecule has 1 aromatic rings. The molecular weight excluding hydrogens is 324 g/mol. The van der Waals surface area contributed by atoms with Gasteiger partial charge in [-0.25, -0.2) is 0 Å². The summed E-state index contributed by atoms with van der Waals surface area (Å²) in [5, 5.41) is 3.43. The molecule has 0 spiro atoms. The molecule has 0 amide bonds. The van der Waals surface area contributed by atoms with Gasteiger partial charge in [0.05, 0.1) is 12.3 Å². The van der Waals surface area contributed by atoms with Crippen molar-refractivity contribution in [2.75, 3.05) is 13.2 Å². The summed E-state index contributed by atoms with van der Waals surface area (Å²) in [6.07, 6.45) is 2.90. The molecule has 0 saturated carbocycles. The third-order valence-electron chi connectivity index (χ3n) is 2.37. The van der Waals surface area contributed by atoms with E-state index in [0.29, 0.717) is 6.04 Å². The number of halogens is 2. The van der Waals surface area contributed by atoms with Crippen LogP contribution in [0.1, 0.15) is 12.1 Å². The zero-order chi connectivity index (χ0) is 10.7. The maximum atomic E-state index is 5.29. The van der Waals surface area contributed by atoms with Crippen LogP contribution in [-0.2, 0) is 11.3 Å². The molecule has 1 saturated heterocycles. The predicted molar refractivity (Wildman–Crippen MR) is 65.7 cm³/mol. The van der Waals surface area contributed by atoms with Gasteiger partial charge in [-0.05, 0) is 44.3 Å². The summed E-state index contributed by atoms with van der Waals surface area (Å²) in [6, 6.07) is 2.48. The fourth-order valence-electron chi connectivity index (χ4n) is 1.51. The van der Waals surface area contributed by atoms with Crippen LogP contribution in [0.2, 0.25) is 0 Å². The van der Waals surface area contributed by atoms with E-state index in [4.69, 9.17) is 4.74 Å². The average Bonchev–Trinajstić information content (AvgIpc) is 2.69. The molecule has 2 rings (SSSR count). The summed E-state index contributed by atoms with van der Waals surface area (Å²) in [5.74, 6) is 0. The lowest BCUT2D eigenvalue weighted by molar-refractivity contribution is 0.189. The topological polar surface area (TPSA) is 34.2 Å². The van der Waals surface area contributed by atoms with Crippen molar-refractivity contribution in [2.24, 2.45) is 0 Å². The molecule has 1 aliphatic rings. The van der Waals surface area contributed by atoms with E-state index >= 15 is 0 Å². The van der Waals surface area contributed by atoms with Crippen molar-refractivity contribution < 1.29 is 4.74 Å². The fourth-order valence-corrected chi connectivity index (χ4v) is 2.64. The van der Waals surface area contributed by atoms with Gasteiger partial charge in [-0.3, -0.25) is 4.98 Å². The van der Waals surface area contributed by atoms with Crippen LogP contribution < -0.4 is 5.32 Å². The lowest BCUT2D eigenvalue weighted by Gasteiger charge is -2.10. The molecule has 1 fully saturated rings. The number of aromatic nitrogens is 1. The first kappa shape index (κ1) is 11.5. The van der Waals surface area contributed by atoms with Gasteiger partial charge in [0.1, 0.15) is 0 Å². The largest absolute Gasteiger partial charge is 0.380 e. The fraction of sp³-hybridized carbons (Fsp3) is 0.500. The van der Waals surface area contributed by atoms with Crippen molar-refractivity contribution in [3.05, 3.63) is 26.9 Å². The quantitative estimate of drug-likeness (QED) is 0.921. The van der Waals surface area contributed by atoms with Crippen LogP contribution in [-0.4, -0.2) is 24.2 Å². The Bertz CT molecular complexity index is 340. The van der Waals surface area contributed by atoms with E-state index in [0.717, 1.165) is 40.8 Å². The third kappa shape index (κ3) is 3.24. The smallest absolute Gasteiger partial charge is 0.0684 e. The maximum absolute atomic E-state index is 5.29. The van der Waals surface area contributed by atoms with Gasteiger partial charge in [-0.15, -0.1) is 0 Å². The Balaban J connectivity index is 1.92. The van der Waals surface area contributed by atoms with Gasteiger partial charge in [0, 0.05) is 34.3 Å². The van der Waals surface area contributed by atoms with Crippen LogP contribution in [0, 0.1) is 0 Å². The van der Waals surface area contributed by atoms with Gasteiger partial charge in [0.25, 0.3) is 0 Å². The van der Waals surface area contributed by atoms with E-state index in [9.17, 15) is 0 Å². The Morgan fingerprint density at radius 1 is 1.53 bits per heavy atom. The van der Waals surface area contributed by atoms with Crippen LogP contribution in [0.4, 0.5) is 0 Å². The second-order valence-electron chi connectivity index (χ2n) is 3.52. The van der Waals surface area contributed by atoms with Gasteiger partial charge < -0.3 is 10.1 Å². The van der Waals surface area contributed by atoms with Crippen molar-refractivity contribution in [2.45, 2.75) is 19.0 Å². The number of hydrogen-bond donors (Lipinski definition) is 1.